The Morgan fingerprint density at radius 2 is 2.16 bits per heavy atom. The molecule has 0 atom stereocenters. The van der Waals surface area contributed by atoms with Crippen molar-refractivity contribution in [3.8, 4) is 0 Å². The third-order valence-corrected chi connectivity index (χ3v) is 4.03. The second kappa shape index (κ2) is 4.74. The van der Waals surface area contributed by atoms with Gasteiger partial charge in [-0.05, 0) is 25.0 Å². The third-order valence-electron chi connectivity index (χ3n) is 4.03. The molecular weight excluding hydrogens is 242 g/mol. The molecule has 4 N–H and O–H groups in total. The van der Waals surface area contributed by atoms with Crippen LogP contribution >= 0.6 is 0 Å². The van der Waals surface area contributed by atoms with Crippen LogP contribution in [0, 0.1) is 5.41 Å². The number of aliphatic hydroxyl groups is 1. The summed E-state index contributed by atoms with van der Waals surface area (Å²) in [5.74, 6) is 0. The minimum Gasteiger partial charge on any atom is -0.423 e. The molecule has 1 saturated carbocycles. The highest BCUT2D eigenvalue weighted by molar-refractivity contribution is 5.78. The topological polar surface area (TPSA) is 84.3 Å². The average molecular weight is 261 g/mol. The molecule has 5 heteroatoms. The van der Waals surface area contributed by atoms with Gasteiger partial charge in [0, 0.05) is 23.7 Å². The maximum Gasteiger partial charge on any atom is 0.295 e. The smallest absolute Gasteiger partial charge is 0.295 e. The molecule has 1 aliphatic carbocycles. The number of nitrogens with zero attached hydrogens (tertiary/aromatic N) is 1. The van der Waals surface area contributed by atoms with Crippen LogP contribution in [-0.4, -0.2) is 23.2 Å². The predicted octanol–water partition coefficient (Wildman–Crippen LogP) is 2.37. The number of benzene rings is 1. The molecule has 0 spiro atoms. The number of aromatic nitrogens is 1. The zero-order chi connectivity index (χ0) is 13.3. The number of hydrogen-bond donors (Lipinski definition) is 3. The molecule has 1 aromatic heterocycles. The van der Waals surface area contributed by atoms with Gasteiger partial charge in [0.25, 0.3) is 6.01 Å². The molecule has 5 nitrogen and oxygen atoms in total. The van der Waals surface area contributed by atoms with Crippen molar-refractivity contribution in [1.82, 2.24) is 4.98 Å². The number of oxazole rings is 1. The number of hydrogen-bond acceptors (Lipinski definition) is 5. The van der Waals surface area contributed by atoms with Crippen LogP contribution < -0.4 is 11.1 Å². The second-order valence-corrected chi connectivity index (χ2v) is 5.46. The van der Waals surface area contributed by atoms with Gasteiger partial charge >= 0.3 is 0 Å². The number of aliphatic hydroxyl groups excluding tert-OH is 1. The summed E-state index contributed by atoms with van der Waals surface area (Å²) < 4.78 is 5.61. The Bertz CT molecular complexity index is 573. The van der Waals surface area contributed by atoms with Gasteiger partial charge < -0.3 is 20.6 Å². The van der Waals surface area contributed by atoms with Crippen LogP contribution in [0.25, 0.3) is 11.1 Å². The average Bonchev–Trinajstić information content (AvgIpc) is 3.02. The van der Waals surface area contributed by atoms with Crippen LogP contribution in [0.5, 0.6) is 0 Å². The molecule has 0 aliphatic heterocycles. The maximum atomic E-state index is 9.56. The van der Waals surface area contributed by atoms with Gasteiger partial charge in [-0.3, -0.25) is 0 Å². The quantitative estimate of drug-likeness (QED) is 0.736. The fourth-order valence-corrected chi connectivity index (χ4v) is 2.80. The lowest BCUT2D eigenvalue weighted by Crippen LogP contribution is -2.30. The monoisotopic (exact) mass is 261 g/mol. The normalized spacial score (nSPS) is 17.9. The third kappa shape index (κ3) is 2.38. The molecule has 1 aromatic carbocycles. The van der Waals surface area contributed by atoms with E-state index in [2.05, 4.69) is 10.3 Å². The molecule has 0 unspecified atom stereocenters. The van der Waals surface area contributed by atoms with Gasteiger partial charge in [0.1, 0.15) is 5.52 Å². The minimum atomic E-state index is -0.0142. The lowest BCUT2D eigenvalue weighted by molar-refractivity contribution is 0.142. The zero-order valence-corrected chi connectivity index (χ0v) is 10.9. The molecule has 0 amide bonds. The summed E-state index contributed by atoms with van der Waals surface area (Å²) in [4.78, 5) is 4.37. The molecule has 1 heterocycles. The number of nitrogen functional groups attached to an aromatic ring is 1. The van der Waals surface area contributed by atoms with E-state index in [1.54, 1.807) is 12.1 Å². The molecule has 3 rings (SSSR count). The van der Waals surface area contributed by atoms with E-state index in [1.807, 2.05) is 6.07 Å². The molecular formula is C14H19N3O2. The van der Waals surface area contributed by atoms with Gasteiger partial charge in [-0.1, -0.05) is 12.8 Å². The van der Waals surface area contributed by atoms with Crippen molar-refractivity contribution in [1.29, 1.82) is 0 Å². The fourth-order valence-electron chi connectivity index (χ4n) is 2.80. The van der Waals surface area contributed by atoms with Gasteiger partial charge in [-0.2, -0.15) is 4.98 Å². The predicted molar refractivity (Wildman–Crippen MR) is 74.9 cm³/mol. The first-order chi connectivity index (χ1) is 9.21. The molecule has 2 aromatic rings. The van der Waals surface area contributed by atoms with Crippen molar-refractivity contribution < 1.29 is 9.52 Å². The molecule has 0 radical (unpaired) electrons. The highest BCUT2D eigenvalue weighted by Crippen LogP contribution is 2.37. The lowest BCUT2D eigenvalue weighted by Gasteiger charge is -2.25. The Kier molecular flexibility index (Phi) is 3.06. The van der Waals surface area contributed by atoms with Crippen LogP contribution in [0.3, 0.4) is 0 Å². The Hall–Kier alpha value is -1.75. The van der Waals surface area contributed by atoms with Crippen molar-refractivity contribution in [3.63, 3.8) is 0 Å². The summed E-state index contributed by atoms with van der Waals surface area (Å²) in [6.45, 7) is 0.916. The summed E-state index contributed by atoms with van der Waals surface area (Å²) in [7, 11) is 0. The van der Waals surface area contributed by atoms with E-state index < -0.39 is 0 Å². The number of rotatable bonds is 4. The van der Waals surface area contributed by atoms with Crippen LogP contribution in [0.4, 0.5) is 11.7 Å². The van der Waals surface area contributed by atoms with Gasteiger partial charge in [0.15, 0.2) is 5.58 Å². The van der Waals surface area contributed by atoms with Gasteiger partial charge in [0.2, 0.25) is 0 Å². The van der Waals surface area contributed by atoms with E-state index in [0.717, 1.165) is 18.4 Å². The highest BCUT2D eigenvalue weighted by atomic mass is 16.4. The van der Waals surface area contributed by atoms with Crippen molar-refractivity contribution in [3.05, 3.63) is 18.2 Å². The zero-order valence-electron chi connectivity index (χ0n) is 10.9. The number of nitrogens with one attached hydrogen (secondary N) is 1. The van der Waals surface area contributed by atoms with Crippen molar-refractivity contribution in [2.45, 2.75) is 25.7 Å². The largest absolute Gasteiger partial charge is 0.423 e. The van der Waals surface area contributed by atoms with Crippen LogP contribution in [0.2, 0.25) is 0 Å². The van der Waals surface area contributed by atoms with E-state index >= 15 is 0 Å². The van der Waals surface area contributed by atoms with Gasteiger partial charge in [-0.25, -0.2) is 0 Å². The van der Waals surface area contributed by atoms with Gasteiger partial charge in [-0.15, -0.1) is 0 Å². The van der Waals surface area contributed by atoms with Crippen LogP contribution in [0.1, 0.15) is 25.7 Å². The Morgan fingerprint density at radius 1 is 1.37 bits per heavy atom. The molecule has 1 fully saturated rings. The van der Waals surface area contributed by atoms with E-state index in [9.17, 15) is 5.11 Å². The first kappa shape index (κ1) is 12.3. The molecule has 102 valence electrons. The lowest BCUT2D eigenvalue weighted by atomic mass is 9.87. The first-order valence-electron chi connectivity index (χ1n) is 6.72. The van der Waals surface area contributed by atoms with E-state index in [4.69, 9.17) is 10.2 Å². The second-order valence-electron chi connectivity index (χ2n) is 5.46. The maximum absolute atomic E-state index is 9.56. The standard InChI is InChI=1S/C14H19N3O2/c15-10-3-4-11-12(7-10)19-13(17-11)16-8-14(9-18)5-1-2-6-14/h3-4,7,18H,1-2,5-6,8-9,15H2,(H,16,17). The summed E-state index contributed by atoms with van der Waals surface area (Å²) in [5, 5.41) is 12.8. The first-order valence-corrected chi connectivity index (χ1v) is 6.72. The van der Waals surface area contributed by atoms with Crippen molar-refractivity contribution in [2.24, 2.45) is 5.41 Å². The Labute approximate surface area is 111 Å². The fraction of sp³-hybridized carbons (Fsp3) is 0.500. The highest BCUT2D eigenvalue weighted by Gasteiger charge is 2.33. The Balaban J connectivity index is 1.74. The SMILES string of the molecule is Nc1ccc2nc(NCC3(CO)CCCC3)oc2c1. The molecule has 0 saturated heterocycles. The molecule has 19 heavy (non-hydrogen) atoms. The number of fused-ring (bicyclic) bond motifs is 1. The van der Waals surface area contributed by atoms with E-state index in [0.29, 0.717) is 23.8 Å². The van der Waals surface area contributed by atoms with Crippen molar-refractivity contribution in [2.75, 3.05) is 24.2 Å². The van der Waals surface area contributed by atoms with E-state index in [1.165, 1.54) is 12.8 Å². The Morgan fingerprint density at radius 3 is 2.89 bits per heavy atom. The van der Waals surface area contributed by atoms with Crippen LogP contribution in [0.15, 0.2) is 22.6 Å². The minimum absolute atomic E-state index is 0.0142. The summed E-state index contributed by atoms with van der Waals surface area (Å²) in [6.07, 6.45) is 4.49. The molecule has 1 aliphatic rings. The van der Waals surface area contributed by atoms with Crippen molar-refractivity contribution >= 4 is 22.8 Å². The number of anilines is 2. The van der Waals surface area contributed by atoms with E-state index in [-0.39, 0.29) is 12.0 Å². The summed E-state index contributed by atoms with van der Waals surface area (Å²) in [5.41, 5.74) is 7.84. The summed E-state index contributed by atoms with van der Waals surface area (Å²) in [6, 6.07) is 5.92. The number of nitrogens with two attached hydrogens (primary N) is 1. The molecule has 0 bridgehead atoms. The van der Waals surface area contributed by atoms with Gasteiger partial charge in [0.05, 0.1) is 6.61 Å². The summed E-state index contributed by atoms with van der Waals surface area (Å²) >= 11 is 0. The van der Waals surface area contributed by atoms with Crippen LogP contribution in [-0.2, 0) is 0 Å².